The molecule has 0 atom stereocenters. The first-order valence-corrected chi connectivity index (χ1v) is 14.9. The highest BCUT2D eigenvalue weighted by molar-refractivity contribution is 7.89. The highest BCUT2D eigenvalue weighted by atomic mass is 35.5. The van der Waals surface area contributed by atoms with Crippen LogP contribution < -0.4 is 10.9 Å². The zero-order valence-electron chi connectivity index (χ0n) is 18.0. The van der Waals surface area contributed by atoms with Gasteiger partial charge >= 0.3 is 10.3 Å². The maximum Gasteiger partial charge on any atom is 0.364 e. The van der Waals surface area contributed by atoms with Gasteiger partial charge < -0.3 is 4.98 Å². The number of pyridine rings is 2. The van der Waals surface area contributed by atoms with Crippen molar-refractivity contribution < 1.29 is 38.9 Å². The van der Waals surface area contributed by atoms with E-state index < -0.39 is 83.0 Å². The van der Waals surface area contributed by atoms with Crippen LogP contribution in [0.4, 0.5) is 0 Å². The van der Waals surface area contributed by atoms with Gasteiger partial charge in [-0.1, -0.05) is 35.3 Å². The molecule has 198 valence electrons. The van der Waals surface area contributed by atoms with Gasteiger partial charge in [-0.25, -0.2) is 3.97 Å². The SMILES string of the molecule is O=c1c2ccccc2[nH]c2cc3c(=O)c4c(Cl)c(Cl)c(S(=O)(=O)O)c(S(=O)(=O)O)c4n(S(=O)(=O)O)c3cc12. The number of benzene rings is 3. The van der Waals surface area contributed by atoms with Gasteiger partial charge in [-0.2, -0.15) is 25.3 Å². The number of rotatable bonds is 3. The lowest BCUT2D eigenvalue weighted by atomic mass is 10.1. The first-order valence-electron chi connectivity index (χ1n) is 9.85. The fraction of sp³-hybridized carbons (Fsp3) is 0. The van der Waals surface area contributed by atoms with Crippen molar-refractivity contribution in [3.05, 3.63) is 66.9 Å². The molecule has 0 fully saturated rings. The van der Waals surface area contributed by atoms with Crippen LogP contribution in [0.3, 0.4) is 0 Å². The van der Waals surface area contributed by atoms with Crippen LogP contribution >= 0.6 is 23.2 Å². The summed E-state index contributed by atoms with van der Waals surface area (Å²) < 4.78 is 103. The Balaban J connectivity index is 2.27. The maximum atomic E-state index is 13.6. The minimum Gasteiger partial charge on any atom is -0.354 e. The van der Waals surface area contributed by atoms with E-state index in [-0.39, 0.29) is 20.3 Å². The molecular formula is C20H10Cl2N2O11S3. The van der Waals surface area contributed by atoms with Crippen molar-refractivity contribution in [2.45, 2.75) is 9.79 Å². The van der Waals surface area contributed by atoms with Crippen molar-refractivity contribution in [3.63, 3.8) is 0 Å². The summed E-state index contributed by atoms with van der Waals surface area (Å²) >= 11 is 12.0. The Kier molecular flexibility index (Phi) is 5.72. The number of para-hydroxylation sites is 1. The van der Waals surface area contributed by atoms with Gasteiger partial charge in [0.1, 0.15) is 9.79 Å². The van der Waals surface area contributed by atoms with E-state index in [2.05, 4.69) is 4.98 Å². The van der Waals surface area contributed by atoms with E-state index in [4.69, 9.17) is 23.2 Å². The van der Waals surface area contributed by atoms with Crippen LogP contribution in [0.25, 0.3) is 43.6 Å². The molecule has 0 bridgehead atoms. The quantitative estimate of drug-likeness (QED) is 0.169. The van der Waals surface area contributed by atoms with Crippen LogP contribution in [-0.4, -0.2) is 47.9 Å². The third-order valence-electron chi connectivity index (χ3n) is 5.73. The molecule has 0 amide bonds. The molecule has 0 aliphatic carbocycles. The molecule has 5 rings (SSSR count). The van der Waals surface area contributed by atoms with Crippen molar-refractivity contribution in [2.24, 2.45) is 0 Å². The monoisotopic (exact) mass is 620 g/mol. The van der Waals surface area contributed by atoms with Gasteiger partial charge in [-0.15, -0.1) is 0 Å². The lowest BCUT2D eigenvalue weighted by Crippen LogP contribution is -2.23. The van der Waals surface area contributed by atoms with Crippen molar-refractivity contribution in [2.75, 3.05) is 0 Å². The van der Waals surface area contributed by atoms with Crippen molar-refractivity contribution >= 4 is 97.4 Å². The highest BCUT2D eigenvalue weighted by Gasteiger charge is 2.37. The molecule has 2 aromatic heterocycles. The van der Waals surface area contributed by atoms with Gasteiger partial charge in [-0.3, -0.25) is 23.2 Å². The van der Waals surface area contributed by atoms with Crippen molar-refractivity contribution in [1.82, 2.24) is 8.96 Å². The molecule has 0 aliphatic rings. The number of H-pyrrole nitrogens is 1. The zero-order valence-corrected chi connectivity index (χ0v) is 22.0. The van der Waals surface area contributed by atoms with Gasteiger partial charge in [0.05, 0.1) is 32.0 Å². The van der Waals surface area contributed by atoms with E-state index >= 15 is 0 Å². The van der Waals surface area contributed by atoms with Crippen molar-refractivity contribution in [3.8, 4) is 0 Å². The van der Waals surface area contributed by atoms with Crippen molar-refractivity contribution in [1.29, 1.82) is 0 Å². The summed E-state index contributed by atoms with van der Waals surface area (Å²) in [6.07, 6.45) is 0. The summed E-state index contributed by atoms with van der Waals surface area (Å²) in [6.45, 7) is 0. The fourth-order valence-corrected chi connectivity index (χ4v) is 8.11. The van der Waals surface area contributed by atoms with Gasteiger partial charge in [0.2, 0.25) is 0 Å². The number of nitrogens with zero attached hydrogens (tertiary/aromatic N) is 1. The molecule has 0 aliphatic heterocycles. The number of hydrogen-bond acceptors (Lipinski definition) is 8. The normalized spacial score (nSPS) is 13.2. The molecule has 0 unspecified atom stereocenters. The Morgan fingerprint density at radius 3 is 1.89 bits per heavy atom. The molecule has 0 saturated carbocycles. The van der Waals surface area contributed by atoms with E-state index in [1.807, 2.05) is 0 Å². The van der Waals surface area contributed by atoms with Crippen LogP contribution in [0.2, 0.25) is 10.0 Å². The van der Waals surface area contributed by atoms with Crippen LogP contribution in [-0.2, 0) is 30.5 Å². The first-order chi connectivity index (χ1) is 17.4. The predicted octanol–water partition coefficient (Wildman–Crippen LogP) is 2.60. The fourth-order valence-electron chi connectivity index (χ4n) is 4.31. The summed E-state index contributed by atoms with van der Waals surface area (Å²) in [5, 5.41) is -3.87. The van der Waals surface area contributed by atoms with Crippen LogP contribution in [0, 0.1) is 0 Å². The summed E-state index contributed by atoms with van der Waals surface area (Å²) in [5.74, 6) is 0. The smallest absolute Gasteiger partial charge is 0.354 e. The molecular weight excluding hydrogens is 611 g/mol. The molecule has 0 radical (unpaired) electrons. The van der Waals surface area contributed by atoms with Gasteiger partial charge in [0.15, 0.2) is 10.9 Å². The Hall–Kier alpha value is -3.09. The minimum absolute atomic E-state index is 0.0336. The Morgan fingerprint density at radius 1 is 0.711 bits per heavy atom. The molecule has 38 heavy (non-hydrogen) atoms. The third-order valence-corrected chi connectivity index (χ3v) is 9.50. The second kappa shape index (κ2) is 8.20. The summed E-state index contributed by atoms with van der Waals surface area (Å²) in [6, 6.07) is 8.06. The summed E-state index contributed by atoms with van der Waals surface area (Å²) in [7, 11) is -17.1. The zero-order chi connectivity index (χ0) is 28.1. The molecule has 2 heterocycles. The Bertz CT molecular complexity index is 2380. The first kappa shape index (κ1) is 26.5. The standard InChI is InChI=1S/C20H10Cl2N2O11S3/c21-14-13-16(20(37(30,31)32)19(15(14)22)36(27,28)29)24(38(33,34)35)12-6-8-11(5-9(12)18(13)26)23-10-4-2-1-3-7(10)17(8)25/h1-6H,(H,23,25)(H,27,28,29)(H,30,31,32)(H,33,34,35). The van der Waals surface area contributed by atoms with Crippen LogP contribution in [0.1, 0.15) is 0 Å². The third kappa shape index (κ3) is 3.80. The molecule has 0 saturated heterocycles. The highest BCUT2D eigenvalue weighted by Crippen LogP contribution is 2.42. The predicted molar refractivity (Wildman–Crippen MR) is 138 cm³/mol. The van der Waals surface area contributed by atoms with Crippen LogP contribution in [0.5, 0.6) is 0 Å². The minimum atomic E-state index is -5.82. The van der Waals surface area contributed by atoms with Crippen LogP contribution in [0.15, 0.2) is 55.8 Å². The molecule has 13 nitrogen and oxygen atoms in total. The number of halogens is 2. The number of nitrogens with one attached hydrogen (secondary N) is 1. The van der Waals surface area contributed by atoms with Gasteiger partial charge in [0.25, 0.3) is 20.2 Å². The van der Waals surface area contributed by atoms with E-state index in [0.29, 0.717) is 5.52 Å². The number of fused-ring (bicyclic) bond motifs is 4. The summed E-state index contributed by atoms with van der Waals surface area (Å²) in [5.41, 5.74) is -3.70. The lowest BCUT2D eigenvalue weighted by molar-refractivity contribution is 0.466. The Labute approximate surface area is 221 Å². The van der Waals surface area contributed by atoms with E-state index in [0.717, 1.165) is 12.1 Å². The topological polar surface area (TPSA) is 218 Å². The molecule has 4 N–H and O–H groups in total. The number of hydrogen-bond donors (Lipinski definition) is 4. The average molecular weight is 621 g/mol. The van der Waals surface area contributed by atoms with Gasteiger partial charge in [0, 0.05) is 21.7 Å². The largest absolute Gasteiger partial charge is 0.364 e. The number of aromatic amines is 1. The second-order valence-electron chi connectivity index (χ2n) is 7.95. The molecule has 3 aromatic carbocycles. The van der Waals surface area contributed by atoms with E-state index in [9.17, 15) is 48.5 Å². The molecule has 18 heteroatoms. The number of aromatic nitrogens is 2. The molecule has 0 spiro atoms. The molecule has 5 aromatic rings. The average Bonchev–Trinajstić information content (AvgIpc) is 2.78. The summed E-state index contributed by atoms with van der Waals surface area (Å²) in [4.78, 5) is 26.0. The maximum absolute atomic E-state index is 13.6. The Morgan fingerprint density at radius 2 is 1.32 bits per heavy atom. The van der Waals surface area contributed by atoms with E-state index in [1.165, 1.54) is 6.07 Å². The van der Waals surface area contributed by atoms with E-state index in [1.54, 1.807) is 18.2 Å². The lowest BCUT2D eigenvalue weighted by Gasteiger charge is -2.18. The second-order valence-corrected chi connectivity index (χ2v) is 12.7. The van der Waals surface area contributed by atoms with Gasteiger partial charge in [-0.05, 0) is 24.3 Å².